The zero-order valence-corrected chi connectivity index (χ0v) is 13.0. The summed E-state index contributed by atoms with van der Waals surface area (Å²) >= 11 is 4.05. The van der Waals surface area contributed by atoms with Crippen molar-refractivity contribution in [2.24, 2.45) is 5.92 Å². The van der Waals surface area contributed by atoms with Crippen LogP contribution in [0.1, 0.15) is 37.5 Å². The molecular formula is C15H25NS2. The maximum atomic E-state index is 3.56. The molecule has 0 saturated heterocycles. The van der Waals surface area contributed by atoms with Gasteiger partial charge in [0, 0.05) is 22.4 Å². The Hall–Kier alpha value is 0.01000. The van der Waals surface area contributed by atoms with Crippen LogP contribution in [0.5, 0.6) is 0 Å². The second-order valence-corrected chi connectivity index (χ2v) is 7.78. The average Bonchev–Trinajstić information content (AvgIpc) is 2.87. The monoisotopic (exact) mass is 283 g/mol. The van der Waals surface area contributed by atoms with E-state index < -0.39 is 0 Å². The number of hydrogen-bond acceptors (Lipinski definition) is 3. The molecule has 0 aromatic carbocycles. The molecule has 0 spiro atoms. The summed E-state index contributed by atoms with van der Waals surface area (Å²) in [6.45, 7) is 4.70. The van der Waals surface area contributed by atoms with Crippen LogP contribution < -0.4 is 5.32 Å². The predicted octanol–water partition coefficient (Wildman–Crippen LogP) is 4.19. The first kappa shape index (κ1) is 14.4. The average molecular weight is 284 g/mol. The summed E-state index contributed by atoms with van der Waals surface area (Å²) in [6.07, 6.45) is 6.98. The van der Waals surface area contributed by atoms with E-state index in [0.717, 1.165) is 17.7 Å². The summed E-state index contributed by atoms with van der Waals surface area (Å²) in [6, 6.07) is 4.37. The minimum absolute atomic E-state index is 0.938. The molecule has 2 atom stereocenters. The number of thioether (sulfide) groups is 1. The molecule has 0 aliphatic heterocycles. The van der Waals surface area contributed by atoms with Gasteiger partial charge in [0.2, 0.25) is 0 Å². The van der Waals surface area contributed by atoms with Crippen molar-refractivity contribution in [3.8, 4) is 0 Å². The van der Waals surface area contributed by atoms with Crippen molar-refractivity contribution in [2.75, 3.05) is 18.8 Å². The van der Waals surface area contributed by atoms with Gasteiger partial charge in [-0.15, -0.1) is 11.3 Å². The molecule has 2 unspecified atom stereocenters. The van der Waals surface area contributed by atoms with Crippen molar-refractivity contribution in [3.63, 3.8) is 0 Å². The highest BCUT2D eigenvalue weighted by atomic mass is 32.2. The minimum atomic E-state index is 0.938. The van der Waals surface area contributed by atoms with Crippen LogP contribution in [0.25, 0.3) is 0 Å². The number of hydrogen-bond donors (Lipinski definition) is 1. The van der Waals surface area contributed by atoms with Gasteiger partial charge in [-0.05, 0) is 43.2 Å². The van der Waals surface area contributed by atoms with Crippen LogP contribution in [0.2, 0.25) is 0 Å². The Labute approximate surface area is 120 Å². The van der Waals surface area contributed by atoms with E-state index in [1.165, 1.54) is 49.3 Å². The van der Waals surface area contributed by atoms with E-state index in [1.54, 1.807) is 0 Å². The lowest BCUT2D eigenvalue weighted by Gasteiger charge is -2.26. The second-order valence-electron chi connectivity index (χ2n) is 5.34. The third kappa shape index (κ3) is 5.33. The molecule has 3 heteroatoms. The largest absolute Gasteiger partial charge is 0.316 e. The van der Waals surface area contributed by atoms with E-state index in [9.17, 15) is 0 Å². The lowest BCUT2D eigenvalue weighted by molar-refractivity contribution is 0.394. The fourth-order valence-electron chi connectivity index (χ4n) is 2.62. The Morgan fingerprint density at radius 1 is 1.39 bits per heavy atom. The molecule has 1 aromatic rings. The first-order valence-corrected chi connectivity index (χ1v) is 9.12. The molecule has 1 aliphatic carbocycles. The van der Waals surface area contributed by atoms with Gasteiger partial charge in [-0.1, -0.05) is 25.8 Å². The Morgan fingerprint density at radius 3 is 3.11 bits per heavy atom. The van der Waals surface area contributed by atoms with Crippen LogP contribution in [-0.2, 0) is 6.42 Å². The standard InChI is InChI=1S/C15H25NS2/c1-13-4-2-5-15(12-13)18-11-9-16-8-7-14-6-3-10-17-14/h3,6,10,13,15-16H,2,4-5,7-9,11-12H2,1H3. The zero-order valence-electron chi connectivity index (χ0n) is 11.4. The van der Waals surface area contributed by atoms with Crippen LogP contribution in [0.3, 0.4) is 0 Å². The highest BCUT2D eigenvalue weighted by molar-refractivity contribution is 7.99. The van der Waals surface area contributed by atoms with Gasteiger partial charge in [0.1, 0.15) is 0 Å². The molecule has 102 valence electrons. The predicted molar refractivity (Wildman–Crippen MR) is 84.8 cm³/mol. The van der Waals surface area contributed by atoms with E-state index in [2.05, 4.69) is 41.5 Å². The lowest BCUT2D eigenvalue weighted by Crippen LogP contribution is -2.22. The SMILES string of the molecule is CC1CCCC(SCCNCCc2cccs2)C1. The number of rotatable bonds is 7. The van der Waals surface area contributed by atoms with Gasteiger partial charge in [-0.25, -0.2) is 0 Å². The molecular weight excluding hydrogens is 258 g/mol. The van der Waals surface area contributed by atoms with Crippen molar-refractivity contribution in [1.82, 2.24) is 5.32 Å². The van der Waals surface area contributed by atoms with Crippen molar-refractivity contribution in [1.29, 1.82) is 0 Å². The molecule has 1 aromatic heterocycles. The van der Waals surface area contributed by atoms with Gasteiger partial charge >= 0.3 is 0 Å². The topological polar surface area (TPSA) is 12.0 Å². The Morgan fingerprint density at radius 2 is 2.33 bits per heavy atom. The highest BCUT2D eigenvalue weighted by Crippen LogP contribution is 2.31. The van der Waals surface area contributed by atoms with E-state index in [4.69, 9.17) is 0 Å². The molecule has 0 radical (unpaired) electrons. The summed E-state index contributed by atoms with van der Waals surface area (Å²) in [7, 11) is 0. The highest BCUT2D eigenvalue weighted by Gasteiger charge is 2.18. The fraction of sp³-hybridized carbons (Fsp3) is 0.733. The third-order valence-corrected chi connectivity index (χ3v) is 5.92. The maximum Gasteiger partial charge on any atom is 0.00608 e. The summed E-state index contributed by atoms with van der Waals surface area (Å²) < 4.78 is 0. The Balaban J connectivity index is 1.46. The molecule has 1 fully saturated rings. The zero-order chi connectivity index (χ0) is 12.6. The van der Waals surface area contributed by atoms with E-state index in [-0.39, 0.29) is 0 Å². The van der Waals surface area contributed by atoms with Gasteiger partial charge in [0.05, 0.1) is 0 Å². The lowest BCUT2D eigenvalue weighted by atomic mass is 9.91. The normalized spacial score (nSPS) is 24.3. The molecule has 1 N–H and O–H groups in total. The molecule has 0 bridgehead atoms. The number of nitrogens with one attached hydrogen (secondary N) is 1. The minimum Gasteiger partial charge on any atom is -0.316 e. The van der Waals surface area contributed by atoms with Crippen molar-refractivity contribution in [2.45, 2.75) is 44.3 Å². The summed E-state index contributed by atoms with van der Waals surface area (Å²) in [5.74, 6) is 2.24. The van der Waals surface area contributed by atoms with E-state index in [1.807, 2.05) is 11.3 Å². The smallest absolute Gasteiger partial charge is 0.00608 e. The molecule has 1 aliphatic rings. The molecule has 0 amide bonds. The Bertz CT molecular complexity index is 310. The van der Waals surface area contributed by atoms with E-state index in [0.29, 0.717) is 0 Å². The molecule has 18 heavy (non-hydrogen) atoms. The van der Waals surface area contributed by atoms with Crippen LogP contribution in [-0.4, -0.2) is 24.1 Å². The quantitative estimate of drug-likeness (QED) is 0.753. The molecule has 1 nitrogen and oxygen atoms in total. The molecule has 1 heterocycles. The number of thiophene rings is 1. The van der Waals surface area contributed by atoms with Crippen LogP contribution >= 0.6 is 23.1 Å². The van der Waals surface area contributed by atoms with Crippen LogP contribution in [0.15, 0.2) is 17.5 Å². The molecule has 1 saturated carbocycles. The summed E-state index contributed by atoms with van der Waals surface area (Å²) in [4.78, 5) is 1.50. The van der Waals surface area contributed by atoms with E-state index >= 15 is 0 Å². The first-order chi connectivity index (χ1) is 8.84. The second kappa shape index (κ2) is 8.23. The van der Waals surface area contributed by atoms with Gasteiger partial charge < -0.3 is 5.32 Å². The Kier molecular flexibility index (Phi) is 6.60. The fourth-order valence-corrected chi connectivity index (χ4v) is 4.72. The maximum absolute atomic E-state index is 3.56. The van der Waals surface area contributed by atoms with Gasteiger partial charge in [0.15, 0.2) is 0 Å². The van der Waals surface area contributed by atoms with Crippen LogP contribution in [0.4, 0.5) is 0 Å². The van der Waals surface area contributed by atoms with Crippen molar-refractivity contribution < 1.29 is 0 Å². The first-order valence-electron chi connectivity index (χ1n) is 7.19. The van der Waals surface area contributed by atoms with Gasteiger partial charge in [-0.2, -0.15) is 11.8 Å². The van der Waals surface area contributed by atoms with Gasteiger partial charge in [0.25, 0.3) is 0 Å². The van der Waals surface area contributed by atoms with Crippen molar-refractivity contribution >= 4 is 23.1 Å². The molecule has 2 rings (SSSR count). The summed E-state index contributed by atoms with van der Waals surface area (Å²) in [5.41, 5.74) is 0. The van der Waals surface area contributed by atoms with Crippen molar-refractivity contribution in [3.05, 3.63) is 22.4 Å². The van der Waals surface area contributed by atoms with Crippen LogP contribution in [0, 0.1) is 5.92 Å². The summed E-state index contributed by atoms with van der Waals surface area (Å²) in [5, 5.41) is 6.66. The third-order valence-electron chi connectivity index (χ3n) is 3.65. The van der Waals surface area contributed by atoms with Gasteiger partial charge in [-0.3, -0.25) is 0 Å².